The highest BCUT2D eigenvalue weighted by molar-refractivity contribution is 7.89. The van der Waals surface area contributed by atoms with Gasteiger partial charge in [0, 0.05) is 13.1 Å². The van der Waals surface area contributed by atoms with Crippen LogP contribution in [0.5, 0.6) is 5.75 Å². The number of nitrogens with zero attached hydrogens (tertiary/aromatic N) is 1. The van der Waals surface area contributed by atoms with Gasteiger partial charge in [-0.15, -0.1) is 0 Å². The summed E-state index contributed by atoms with van der Waals surface area (Å²) in [6, 6.07) is 5.92. The molecule has 1 aromatic carbocycles. The Balaban J connectivity index is 2.29. The lowest BCUT2D eigenvalue weighted by Crippen LogP contribution is -2.35. The van der Waals surface area contributed by atoms with Gasteiger partial charge in [-0.3, -0.25) is 0 Å². The van der Waals surface area contributed by atoms with E-state index in [4.69, 9.17) is 0 Å². The van der Waals surface area contributed by atoms with Crippen LogP contribution in [-0.4, -0.2) is 30.9 Å². The SMILES string of the molecule is CN(C1CCCC1)S(=O)(=O)c1cccc(O)c1. The fraction of sp³-hybridized carbons (Fsp3) is 0.500. The highest BCUT2D eigenvalue weighted by Gasteiger charge is 2.29. The molecule has 1 aliphatic rings. The van der Waals surface area contributed by atoms with Crippen LogP contribution in [0.2, 0.25) is 0 Å². The second kappa shape index (κ2) is 4.66. The summed E-state index contributed by atoms with van der Waals surface area (Å²) < 4.78 is 26.0. The van der Waals surface area contributed by atoms with E-state index in [1.165, 1.54) is 22.5 Å². The first-order valence-corrected chi connectivity index (χ1v) is 7.23. The number of benzene rings is 1. The van der Waals surface area contributed by atoms with Crippen LogP contribution in [0.3, 0.4) is 0 Å². The maximum atomic E-state index is 12.3. The van der Waals surface area contributed by atoms with Crippen molar-refractivity contribution in [3.63, 3.8) is 0 Å². The lowest BCUT2D eigenvalue weighted by molar-refractivity contribution is 0.372. The van der Waals surface area contributed by atoms with Gasteiger partial charge in [-0.05, 0) is 31.0 Å². The molecule has 2 rings (SSSR count). The van der Waals surface area contributed by atoms with Crippen molar-refractivity contribution >= 4 is 10.0 Å². The molecule has 1 fully saturated rings. The van der Waals surface area contributed by atoms with Crippen molar-refractivity contribution in [2.75, 3.05) is 7.05 Å². The number of sulfonamides is 1. The normalized spacial score (nSPS) is 17.8. The summed E-state index contributed by atoms with van der Waals surface area (Å²) in [6.07, 6.45) is 4.03. The Labute approximate surface area is 102 Å². The van der Waals surface area contributed by atoms with Crippen molar-refractivity contribution in [2.24, 2.45) is 0 Å². The fourth-order valence-corrected chi connectivity index (χ4v) is 3.73. The first kappa shape index (κ1) is 12.4. The summed E-state index contributed by atoms with van der Waals surface area (Å²) in [6.45, 7) is 0. The zero-order valence-electron chi connectivity index (χ0n) is 9.83. The van der Waals surface area contributed by atoms with Gasteiger partial charge in [-0.2, -0.15) is 4.31 Å². The van der Waals surface area contributed by atoms with E-state index in [-0.39, 0.29) is 16.7 Å². The monoisotopic (exact) mass is 255 g/mol. The average molecular weight is 255 g/mol. The molecular formula is C12H17NO3S. The standard InChI is InChI=1S/C12H17NO3S/c1-13(10-5-2-3-6-10)17(15,16)12-8-4-7-11(14)9-12/h4,7-10,14H,2-3,5-6H2,1H3. The van der Waals surface area contributed by atoms with E-state index in [1.54, 1.807) is 13.1 Å². The van der Waals surface area contributed by atoms with Crippen molar-refractivity contribution in [1.29, 1.82) is 0 Å². The van der Waals surface area contributed by atoms with Crippen LogP contribution < -0.4 is 0 Å². The van der Waals surface area contributed by atoms with Gasteiger partial charge in [0.15, 0.2) is 0 Å². The van der Waals surface area contributed by atoms with Gasteiger partial charge in [0.25, 0.3) is 0 Å². The van der Waals surface area contributed by atoms with Crippen molar-refractivity contribution < 1.29 is 13.5 Å². The van der Waals surface area contributed by atoms with E-state index >= 15 is 0 Å². The number of rotatable bonds is 3. The zero-order valence-corrected chi connectivity index (χ0v) is 10.7. The lowest BCUT2D eigenvalue weighted by Gasteiger charge is -2.23. The molecule has 0 aromatic heterocycles. The van der Waals surface area contributed by atoms with Crippen LogP contribution in [-0.2, 0) is 10.0 Å². The van der Waals surface area contributed by atoms with E-state index < -0.39 is 10.0 Å². The largest absolute Gasteiger partial charge is 0.508 e. The summed E-state index contributed by atoms with van der Waals surface area (Å²) in [7, 11) is -1.85. The van der Waals surface area contributed by atoms with Crippen LogP contribution in [0.4, 0.5) is 0 Å². The van der Waals surface area contributed by atoms with Crippen LogP contribution in [0.1, 0.15) is 25.7 Å². The topological polar surface area (TPSA) is 57.6 Å². The van der Waals surface area contributed by atoms with E-state index in [0.29, 0.717) is 0 Å². The van der Waals surface area contributed by atoms with E-state index in [1.807, 2.05) is 0 Å². The van der Waals surface area contributed by atoms with E-state index in [9.17, 15) is 13.5 Å². The third-order valence-electron chi connectivity index (χ3n) is 3.33. The Hall–Kier alpha value is -1.07. The molecule has 0 bridgehead atoms. The van der Waals surface area contributed by atoms with Gasteiger partial charge < -0.3 is 5.11 Å². The summed E-state index contributed by atoms with van der Waals surface area (Å²) in [5, 5.41) is 9.34. The molecule has 0 saturated heterocycles. The molecule has 1 saturated carbocycles. The number of phenols is 1. The number of aromatic hydroxyl groups is 1. The van der Waals surface area contributed by atoms with Crippen molar-refractivity contribution in [2.45, 2.75) is 36.6 Å². The third-order valence-corrected chi connectivity index (χ3v) is 5.24. The fourth-order valence-electron chi connectivity index (χ4n) is 2.27. The molecule has 94 valence electrons. The van der Waals surface area contributed by atoms with Crippen molar-refractivity contribution in [1.82, 2.24) is 4.31 Å². The molecule has 1 aliphatic carbocycles. The van der Waals surface area contributed by atoms with Crippen LogP contribution in [0.15, 0.2) is 29.2 Å². The Morgan fingerprint density at radius 1 is 1.29 bits per heavy atom. The number of phenolic OH excluding ortho intramolecular Hbond substituents is 1. The quantitative estimate of drug-likeness (QED) is 0.898. The predicted octanol–water partition coefficient (Wildman–Crippen LogP) is 1.96. The highest BCUT2D eigenvalue weighted by atomic mass is 32.2. The molecule has 1 aromatic rings. The first-order chi connectivity index (χ1) is 8.01. The van der Waals surface area contributed by atoms with Gasteiger partial charge in [0.1, 0.15) is 5.75 Å². The minimum atomic E-state index is -3.47. The molecule has 0 amide bonds. The molecule has 4 nitrogen and oxygen atoms in total. The van der Waals surface area contributed by atoms with Gasteiger partial charge in [-0.25, -0.2) is 8.42 Å². The number of hydrogen-bond acceptors (Lipinski definition) is 3. The van der Waals surface area contributed by atoms with Gasteiger partial charge in [0.05, 0.1) is 4.90 Å². The van der Waals surface area contributed by atoms with Crippen LogP contribution in [0.25, 0.3) is 0 Å². The minimum absolute atomic E-state index is 0.0223. The molecule has 0 radical (unpaired) electrons. The molecule has 0 spiro atoms. The predicted molar refractivity (Wildman–Crippen MR) is 65.3 cm³/mol. The minimum Gasteiger partial charge on any atom is -0.508 e. The van der Waals surface area contributed by atoms with E-state index in [2.05, 4.69) is 0 Å². The molecule has 1 N–H and O–H groups in total. The first-order valence-electron chi connectivity index (χ1n) is 5.79. The maximum absolute atomic E-state index is 12.3. The second-order valence-corrected chi connectivity index (χ2v) is 6.45. The molecule has 0 atom stereocenters. The maximum Gasteiger partial charge on any atom is 0.243 e. The van der Waals surface area contributed by atoms with Crippen molar-refractivity contribution in [3.05, 3.63) is 24.3 Å². The Morgan fingerprint density at radius 2 is 1.94 bits per heavy atom. The molecule has 0 heterocycles. The van der Waals surface area contributed by atoms with E-state index in [0.717, 1.165) is 25.7 Å². The van der Waals surface area contributed by atoms with Gasteiger partial charge in [-0.1, -0.05) is 18.9 Å². The van der Waals surface area contributed by atoms with Crippen LogP contribution >= 0.6 is 0 Å². The Morgan fingerprint density at radius 3 is 2.53 bits per heavy atom. The Kier molecular flexibility index (Phi) is 3.40. The van der Waals surface area contributed by atoms with Gasteiger partial charge >= 0.3 is 0 Å². The summed E-state index contributed by atoms with van der Waals surface area (Å²) >= 11 is 0. The summed E-state index contributed by atoms with van der Waals surface area (Å²) in [5.74, 6) is -0.0223. The second-order valence-electron chi connectivity index (χ2n) is 4.46. The Bertz CT molecular complexity index is 492. The van der Waals surface area contributed by atoms with Crippen LogP contribution in [0, 0.1) is 0 Å². The lowest BCUT2D eigenvalue weighted by atomic mass is 10.3. The molecule has 17 heavy (non-hydrogen) atoms. The smallest absolute Gasteiger partial charge is 0.243 e. The zero-order chi connectivity index (χ0) is 12.5. The molecule has 0 aliphatic heterocycles. The number of hydrogen-bond donors (Lipinski definition) is 1. The molecule has 0 unspecified atom stereocenters. The summed E-state index contributed by atoms with van der Waals surface area (Å²) in [5.41, 5.74) is 0. The van der Waals surface area contributed by atoms with Gasteiger partial charge in [0.2, 0.25) is 10.0 Å². The third kappa shape index (κ3) is 2.45. The highest BCUT2D eigenvalue weighted by Crippen LogP contribution is 2.28. The van der Waals surface area contributed by atoms with Crippen molar-refractivity contribution in [3.8, 4) is 5.75 Å². The molecule has 5 heteroatoms. The molecular weight excluding hydrogens is 238 g/mol. The summed E-state index contributed by atoms with van der Waals surface area (Å²) in [4.78, 5) is 0.159. The average Bonchev–Trinajstić information content (AvgIpc) is 2.81.